The van der Waals surface area contributed by atoms with Crippen LogP contribution in [0.15, 0.2) is 62.1 Å². The largest absolute Gasteiger partial charge is 0.444 e. The molecule has 4 rings (SSSR count). The summed E-state index contributed by atoms with van der Waals surface area (Å²) in [6.07, 6.45) is 1.67. The van der Waals surface area contributed by atoms with Crippen LogP contribution in [0.2, 0.25) is 0 Å². The Morgan fingerprint density at radius 2 is 1.96 bits per heavy atom. The Bertz CT molecular complexity index is 927. The van der Waals surface area contributed by atoms with E-state index in [1.807, 2.05) is 41.8 Å². The molecule has 0 atom stereocenters. The smallest absolute Gasteiger partial charge is 0.277 e. The van der Waals surface area contributed by atoms with E-state index in [0.717, 1.165) is 16.1 Å². The van der Waals surface area contributed by atoms with E-state index in [4.69, 9.17) is 8.83 Å². The topological polar surface area (TPSA) is 65.0 Å². The third-order valence-electron chi connectivity index (χ3n) is 3.33. The number of aryl methyl sites for hydroxylation is 1. The number of thioether (sulfide) groups is 1. The second-order valence-electron chi connectivity index (χ2n) is 5.15. The molecule has 0 saturated heterocycles. The van der Waals surface area contributed by atoms with Gasteiger partial charge in [0.25, 0.3) is 11.1 Å². The first kappa shape index (κ1) is 15.2. The van der Waals surface area contributed by atoms with Gasteiger partial charge in [-0.2, -0.15) is 0 Å². The van der Waals surface area contributed by atoms with Gasteiger partial charge in [-0.3, -0.25) is 0 Å². The lowest BCUT2D eigenvalue weighted by Gasteiger charge is -1.95. The second-order valence-corrected chi connectivity index (χ2v) is 7.02. The quantitative estimate of drug-likeness (QED) is 0.467. The minimum absolute atomic E-state index is 0.526. The van der Waals surface area contributed by atoms with E-state index in [0.29, 0.717) is 22.8 Å². The molecular weight excluding hydrogens is 342 g/mol. The van der Waals surface area contributed by atoms with Crippen molar-refractivity contribution < 1.29 is 8.83 Å². The third kappa shape index (κ3) is 3.27. The fourth-order valence-corrected chi connectivity index (χ4v) is 3.39. The fourth-order valence-electron chi connectivity index (χ4n) is 2.11. The van der Waals surface area contributed by atoms with Crippen LogP contribution in [0.25, 0.3) is 22.2 Å². The number of thiophene rings is 1. The van der Waals surface area contributed by atoms with Gasteiger partial charge in [-0.15, -0.1) is 21.5 Å². The average molecular weight is 355 g/mol. The SMILES string of the molecule is Cc1ccc(-c2nc(CSc3nnc(-c4cccs4)o3)co2)cc1. The van der Waals surface area contributed by atoms with E-state index in [1.165, 1.54) is 17.3 Å². The first-order valence-electron chi connectivity index (χ1n) is 7.29. The molecule has 3 heterocycles. The fraction of sp³-hybridized carbons (Fsp3) is 0.118. The zero-order valence-corrected chi connectivity index (χ0v) is 14.4. The minimum Gasteiger partial charge on any atom is -0.444 e. The van der Waals surface area contributed by atoms with Gasteiger partial charge in [0.05, 0.1) is 10.6 Å². The van der Waals surface area contributed by atoms with E-state index < -0.39 is 0 Å². The van der Waals surface area contributed by atoms with Crippen molar-refractivity contribution in [2.45, 2.75) is 17.9 Å². The Morgan fingerprint density at radius 1 is 1.08 bits per heavy atom. The summed E-state index contributed by atoms with van der Waals surface area (Å²) >= 11 is 3.02. The lowest BCUT2D eigenvalue weighted by Crippen LogP contribution is -1.83. The summed E-state index contributed by atoms with van der Waals surface area (Å²) in [5.41, 5.74) is 3.01. The molecule has 0 saturated carbocycles. The molecule has 4 aromatic rings. The van der Waals surface area contributed by atoms with Crippen molar-refractivity contribution >= 4 is 23.1 Å². The normalized spacial score (nSPS) is 11.0. The molecule has 0 amide bonds. The van der Waals surface area contributed by atoms with E-state index >= 15 is 0 Å². The van der Waals surface area contributed by atoms with Gasteiger partial charge >= 0.3 is 0 Å². The molecule has 0 bridgehead atoms. The summed E-state index contributed by atoms with van der Waals surface area (Å²) in [7, 11) is 0. The monoisotopic (exact) mass is 355 g/mol. The van der Waals surface area contributed by atoms with Crippen LogP contribution in [0, 0.1) is 6.92 Å². The lowest BCUT2D eigenvalue weighted by molar-refractivity contribution is 0.466. The van der Waals surface area contributed by atoms with Gasteiger partial charge in [0.1, 0.15) is 6.26 Å². The maximum absolute atomic E-state index is 5.65. The van der Waals surface area contributed by atoms with Crippen molar-refractivity contribution in [3.8, 4) is 22.2 Å². The highest BCUT2D eigenvalue weighted by Crippen LogP contribution is 2.28. The molecule has 0 aliphatic carbocycles. The number of hydrogen-bond donors (Lipinski definition) is 0. The van der Waals surface area contributed by atoms with Crippen LogP contribution < -0.4 is 0 Å². The van der Waals surface area contributed by atoms with Crippen molar-refractivity contribution in [3.63, 3.8) is 0 Å². The molecule has 24 heavy (non-hydrogen) atoms. The number of benzene rings is 1. The molecule has 0 fully saturated rings. The maximum Gasteiger partial charge on any atom is 0.277 e. The summed E-state index contributed by atoms with van der Waals surface area (Å²) in [5.74, 6) is 1.78. The van der Waals surface area contributed by atoms with Crippen LogP contribution in [0.4, 0.5) is 0 Å². The molecule has 7 heteroatoms. The molecule has 0 N–H and O–H groups in total. The van der Waals surface area contributed by atoms with Crippen LogP contribution in [0.1, 0.15) is 11.3 Å². The Kier molecular flexibility index (Phi) is 4.18. The third-order valence-corrected chi connectivity index (χ3v) is 5.04. The summed E-state index contributed by atoms with van der Waals surface area (Å²) in [6, 6.07) is 12.0. The van der Waals surface area contributed by atoms with Crippen molar-refractivity contribution in [1.29, 1.82) is 0 Å². The number of hydrogen-bond acceptors (Lipinski definition) is 7. The van der Waals surface area contributed by atoms with Crippen molar-refractivity contribution in [2.24, 2.45) is 0 Å². The van der Waals surface area contributed by atoms with Gasteiger partial charge in [-0.25, -0.2) is 4.98 Å². The Balaban J connectivity index is 1.42. The summed E-state index contributed by atoms with van der Waals surface area (Å²) in [6.45, 7) is 2.05. The minimum atomic E-state index is 0.526. The average Bonchev–Trinajstić information content (AvgIpc) is 3.34. The molecule has 1 aromatic carbocycles. The molecule has 3 aromatic heterocycles. The molecule has 0 aliphatic heterocycles. The van der Waals surface area contributed by atoms with Crippen molar-refractivity contribution in [1.82, 2.24) is 15.2 Å². The predicted octanol–water partition coefficient (Wildman–Crippen LogP) is 5.05. The highest BCUT2D eigenvalue weighted by Gasteiger charge is 2.12. The Hall–Kier alpha value is -2.38. The van der Waals surface area contributed by atoms with E-state index in [2.05, 4.69) is 22.1 Å². The first-order chi connectivity index (χ1) is 11.8. The Morgan fingerprint density at radius 3 is 2.75 bits per heavy atom. The van der Waals surface area contributed by atoms with Gasteiger partial charge in [-0.05, 0) is 30.5 Å². The maximum atomic E-state index is 5.65. The van der Waals surface area contributed by atoms with Gasteiger partial charge in [0.15, 0.2) is 0 Å². The predicted molar refractivity (Wildman–Crippen MR) is 93.8 cm³/mol. The molecule has 0 spiro atoms. The van der Waals surface area contributed by atoms with E-state index in [9.17, 15) is 0 Å². The van der Waals surface area contributed by atoms with Crippen molar-refractivity contribution in [3.05, 3.63) is 59.3 Å². The second kappa shape index (κ2) is 6.62. The Labute approximate surface area is 146 Å². The number of nitrogens with zero attached hydrogens (tertiary/aromatic N) is 3. The molecule has 0 radical (unpaired) electrons. The standard InChI is InChI=1S/C17H13N3O2S2/c1-11-4-6-12(7-5-11)15-18-13(9-21-15)10-24-17-20-19-16(22-17)14-3-2-8-23-14/h2-9H,10H2,1H3. The molecule has 0 unspecified atom stereocenters. The van der Waals surface area contributed by atoms with Crippen LogP contribution in [-0.4, -0.2) is 15.2 Å². The number of aromatic nitrogens is 3. The molecule has 120 valence electrons. The summed E-state index contributed by atoms with van der Waals surface area (Å²) in [4.78, 5) is 5.48. The summed E-state index contributed by atoms with van der Waals surface area (Å²) in [5, 5.41) is 10.6. The van der Waals surface area contributed by atoms with Crippen LogP contribution >= 0.6 is 23.1 Å². The van der Waals surface area contributed by atoms with Gasteiger partial charge in [-0.1, -0.05) is 35.5 Å². The molecule has 5 nitrogen and oxygen atoms in total. The summed E-state index contributed by atoms with van der Waals surface area (Å²) < 4.78 is 11.2. The zero-order chi connectivity index (χ0) is 16.4. The highest BCUT2D eigenvalue weighted by molar-refractivity contribution is 7.98. The van der Waals surface area contributed by atoms with E-state index in [1.54, 1.807) is 17.6 Å². The van der Waals surface area contributed by atoms with E-state index in [-0.39, 0.29) is 0 Å². The number of oxazole rings is 1. The van der Waals surface area contributed by atoms with Gasteiger partial charge < -0.3 is 8.83 Å². The number of rotatable bonds is 5. The first-order valence-corrected chi connectivity index (χ1v) is 9.16. The van der Waals surface area contributed by atoms with Crippen LogP contribution in [-0.2, 0) is 5.75 Å². The highest BCUT2D eigenvalue weighted by atomic mass is 32.2. The molecule has 0 aliphatic rings. The van der Waals surface area contributed by atoms with Crippen LogP contribution in [0.5, 0.6) is 0 Å². The van der Waals surface area contributed by atoms with Gasteiger partial charge in [0.2, 0.25) is 5.89 Å². The van der Waals surface area contributed by atoms with Gasteiger partial charge in [0, 0.05) is 11.3 Å². The lowest BCUT2D eigenvalue weighted by atomic mass is 10.1. The van der Waals surface area contributed by atoms with Crippen LogP contribution in [0.3, 0.4) is 0 Å². The van der Waals surface area contributed by atoms with Crippen molar-refractivity contribution in [2.75, 3.05) is 0 Å². The molecular formula is C17H13N3O2S2. The zero-order valence-electron chi connectivity index (χ0n) is 12.8.